The molecular weight excluding hydrogens is 296 g/mol. The number of carbonyl (C=O) groups excluding carboxylic acids is 1. The highest BCUT2D eigenvalue weighted by molar-refractivity contribution is 5.79. The van der Waals surface area contributed by atoms with E-state index in [1.54, 1.807) is 23.1 Å². The van der Waals surface area contributed by atoms with Gasteiger partial charge in [-0.1, -0.05) is 0 Å². The van der Waals surface area contributed by atoms with Gasteiger partial charge in [-0.05, 0) is 45.3 Å². The highest BCUT2D eigenvalue weighted by Crippen LogP contribution is 2.45. The number of hydrogen-bond donors (Lipinski definition) is 0. The van der Waals surface area contributed by atoms with Crippen LogP contribution in [0, 0.1) is 11.3 Å². The first-order valence-corrected chi connectivity index (χ1v) is 7.70. The number of carbonyl (C=O) groups is 1. The van der Waals surface area contributed by atoms with Gasteiger partial charge in [-0.2, -0.15) is 5.26 Å². The first kappa shape index (κ1) is 15.8. The molecule has 1 amide bonds. The third-order valence-electron chi connectivity index (χ3n) is 4.50. The van der Waals surface area contributed by atoms with Crippen molar-refractivity contribution in [2.75, 3.05) is 13.3 Å². The van der Waals surface area contributed by atoms with Crippen LogP contribution >= 0.6 is 0 Å². The van der Waals surface area contributed by atoms with Crippen molar-refractivity contribution >= 4 is 5.91 Å². The second-order valence-electron chi connectivity index (χ2n) is 6.41. The first-order valence-electron chi connectivity index (χ1n) is 7.70. The van der Waals surface area contributed by atoms with E-state index in [1.807, 2.05) is 13.8 Å². The van der Waals surface area contributed by atoms with Crippen molar-refractivity contribution in [3.05, 3.63) is 29.3 Å². The average Bonchev–Trinajstić information content (AvgIpc) is 2.93. The lowest BCUT2D eigenvalue weighted by atomic mass is 9.85. The van der Waals surface area contributed by atoms with Gasteiger partial charge in [0, 0.05) is 18.5 Å². The molecule has 0 aromatic heterocycles. The molecule has 1 aromatic carbocycles. The molecule has 23 heavy (non-hydrogen) atoms. The summed E-state index contributed by atoms with van der Waals surface area (Å²) in [6, 6.07) is 6.85. The molecule has 0 saturated carbocycles. The average molecular weight is 315 g/mol. The SMILES string of the molecule is CC1(C)Oc2ccc(C#N)cc2[C@H](N2CCCC2=O)[C@@H]1OC[O-]. The van der Waals surface area contributed by atoms with Gasteiger partial charge in [0.05, 0.1) is 17.7 Å². The summed E-state index contributed by atoms with van der Waals surface area (Å²) in [6.07, 6.45) is 0.701. The third-order valence-corrected chi connectivity index (χ3v) is 4.50. The van der Waals surface area contributed by atoms with Crippen LogP contribution in [0.25, 0.3) is 0 Å². The van der Waals surface area contributed by atoms with Gasteiger partial charge in [0.1, 0.15) is 17.5 Å². The zero-order valence-corrected chi connectivity index (χ0v) is 13.2. The van der Waals surface area contributed by atoms with E-state index in [0.29, 0.717) is 24.3 Å². The van der Waals surface area contributed by atoms with Crippen LogP contribution < -0.4 is 9.84 Å². The van der Waals surface area contributed by atoms with Crippen molar-refractivity contribution in [2.45, 2.75) is 44.4 Å². The van der Waals surface area contributed by atoms with Crippen LogP contribution in [0.5, 0.6) is 5.75 Å². The Hall–Kier alpha value is -2.10. The number of amides is 1. The number of ether oxygens (including phenoxy) is 2. The van der Waals surface area contributed by atoms with Crippen LogP contribution in [0.15, 0.2) is 18.2 Å². The summed E-state index contributed by atoms with van der Waals surface area (Å²) in [7, 11) is 0. The molecule has 6 heteroatoms. The Balaban J connectivity index is 2.13. The van der Waals surface area contributed by atoms with Crippen molar-refractivity contribution in [3.8, 4) is 11.8 Å². The normalized spacial score (nSPS) is 25.7. The number of benzene rings is 1. The number of nitrogens with zero attached hydrogens (tertiary/aromatic N) is 2. The maximum atomic E-state index is 12.3. The van der Waals surface area contributed by atoms with Gasteiger partial charge in [-0.3, -0.25) is 4.79 Å². The summed E-state index contributed by atoms with van der Waals surface area (Å²) in [5, 5.41) is 20.3. The second-order valence-corrected chi connectivity index (χ2v) is 6.41. The molecule has 1 fully saturated rings. The molecule has 1 saturated heterocycles. The number of hydrogen-bond acceptors (Lipinski definition) is 5. The van der Waals surface area contributed by atoms with Crippen molar-refractivity contribution < 1.29 is 19.4 Å². The van der Waals surface area contributed by atoms with Gasteiger partial charge in [0.25, 0.3) is 0 Å². The summed E-state index contributed by atoms with van der Waals surface area (Å²) < 4.78 is 11.4. The maximum Gasteiger partial charge on any atom is 0.223 e. The Kier molecular flexibility index (Phi) is 4.00. The summed E-state index contributed by atoms with van der Waals surface area (Å²) >= 11 is 0. The molecular formula is C17H19N2O4-. The number of likely N-dealkylation sites (tertiary alicyclic amines) is 1. The smallest absolute Gasteiger partial charge is 0.223 e. The minimum absolute atomic E-state index is 0.0421. The zero-order chi connectivity index (χ0) is 16.6. The molecule has 0 unspecified atom stereocenters. The molecule has 0 radical (unpaired) electrons. The van der Waals surface area contributed by atoms with Crippen LogP contribution in [0.4, 0.5) is 0 Å². The molecule has 1 aromatic rings. The Morgan fingerprint density at radius 2 is 2.30 bits per heavy atom. The van der Waals surface area contributed by atoms with Gasteiger partial charge in [0.15, 0.2) is 0 Å². The molecule has 0 bridgehead atoms. The van der Waals surface area contributed by atoms with Crippen LogP contribution in [-0.2, 0) is 9.53 Å². The molecule has 0 spiro atoms. The molecule has 0 aliphatic carbocycles. The Labute approximate surface area is 135 Å². The van der Waals surface area contributed by atoms with E-state index in [9.17, 15) is 9.90 Å². The molecule has 2 heterocycles. The lowest BCUT2D eigenvalue weighted by Gasteiger charge is -2.48. The largest absolute Gasteiger partial charge is 0.834 e. The number of nitriles is 1. The molecule has 6 nitrogen and oxygen atoms in total. The van der Waals surface area contributed by atoms with Gasteiger partial charge >= 0.3 is 0 Å². The fourth-order valence-corrected chi connectivity index (χ4v) is 3.49. The summed E-state index contributed by atoms with van der Waals surface area (Å²) in [5.41, 5.74) is 0.473. The standard InChI is InChI=1S/C17H19N2O4/c1-17(2)16(22-10-20)15(19-7-3-4-14(19)21)12-8-11(9-18)5-6-13(12)23-17/h5-6,8,15-16H,3-4,7,10H2,1-2H3/q-1/t15-,16-/m0/s1. The highest BCUT2D eigenvalue weighted by atomic mass is 16.6. The monoisotopic (exact) mass is 315 g/mol. The number of fused-ring (bicyclic) bond motifs is 1. The molecule has 2 atom stereocenters. The predicted octanol–water partition coefficient (Wildman–Crippen LogP) is 1.10. The molecule has 0 N–H and O–H groups in total. The topological polar surface area (TPSA) is 85.6 Å². The summed E-state index contributed by atoms with van der Waals surface area (Å²) in [6.45, 7) is 3.61. The third kappa shape index (κ3) is 2.67. The fraction of sp³-hybridized carbons (Fsp3) is 0.529. The van der Waals surface area contributed by atoms with Gasteiger partial charge in [-0.25, -0.2) is 0 Å². The maximum absolute atomic E-state index is 12.3. The van der Waals surface area contributed by atoms with E-state index in [0.717, 1.165) is 12.0 Å². The Morgan fingerprint density at radius 1 is 1.52 bits per heavy atom. The minimum atomic E-state index is -0.751. The van der Waals surface area contributed by atoms with Crippen molar-refractivity contribution in [1.29, 1.82) is 5.26 Å². The fourth-order valence-electron chi connectivity index (χ4n) is 3.49. The Bertz CT molecular complexity index is 665. The van der Waals surface area contributed by atoms with E-state index >= 15 is 0 Å². The van der Waals surface area contributed by atoms with Crippen LogP contribution in [0.2, 0.25) is 0 Å². The zero-order valence-electron chi connectivity index (χ0n) is 13.2. The Morgan fingerprint density at radius 3 is 2.91 bits per heavy atom. The van der Waals surface area contributed by atoms with Crippen LogP contribution in [-0.4, -0.2) is 35.8 Å². The molecule has 2 aliphatic rings. The van der Waals surface area contributed by atoms with Gasteiger partial charge < -0.3 is 19.5 Å². The quantitative estimate of drug-likeness (QED) is 0.780. The lowest BCUT2D eigenvalue weighted by molar-refractivity contribution is -0.444. The van der Waals surface area contributed by atoms with E-state index in [-0.39, 0.29) is 5.91 Å². The predicted molar refractivity (Wildman–Crippen MR) is 79.3 cm³/mol. The van der Waals surface area contributed by atoms with E-state index in [1.165, 1.54) is 0 Å². The minimum Gasteiger partial charge on any atom is -0.834 e. The van der Waals surface area contributed by atoms with Crippen LogP contribution in [0.3, 0.4) is 0 Å². The summed E-state index contributed by atoms with van der Waals surface area (Å²) in [4.78, 5) is 14.0. The van der Waals surface area contributed by atoms with Crippen molar-refractivity contribution in [3.63, 3.8) is 0 Å². The first-order chi connectivity index (χ1) is 11.0. The van der Waals surface area contributed by atoms with E-state index in [4.69, 9.17) is 14.7 Å². The van der Waals surface area contributed by atoms with Gasteiger partial charge in [-0.15, -0.1) is 0 Å². The van der Waals surface area contributed by atoms with Crippen molar-refractivity contribution in [1.82, 2.24) is 4.90 Å². The van der Waals surface area contributed by atoms with Crippen LogP contribution in [0.1, 0.15) is 43.9 Å². The highest BCUT2D eigenvalue weighted by Gasteiger charge is 2.48. The molecule has 122 valence electrons. The lowest BCUT2D eigenvalue weighted by Crippen LogP contribution is -2.55. The molecule has 2 aliphatic heterocycles. The number of rotatable bonds is 3. The van der Waals surface area contributed by atoms with E-state index in [2.05, 4.69) is 6.07 Å². The second kappa shape index (κ2) is 5.84. The summed E-state index contributed by atoms with van der Waals surface area (Å²) in [5.74, 6) is 0.671. The van der Waals surface area contributed by atoms with E-state index < -0.39 is 24.5 Å². The van der Waals surface area contributed by atoms with Gasteiger partial charge in [0.2, 0.25) is 5.91 Å². The van der Waals surface area contributed by atoms with Crippen molar-refractivity contribution in [2.24, 2.45) is 0 Å². The molecule has 3 rings (SSSR count).